The van der Waals surface area contributed by atoms with Crippen LogP contribution in [0.5, 0.6) is 34.5 Å². The smallest absolute Gasteiger partial charge is 0.157 e. The van der Waals surface area contributed by atoms with E-state index in [2.05, 4.69) is 0 Å². The van der Waals surface area contributed by atoms with Crippen LogP contribution in [0.4, 0.5) is 8.78 Å². The van der Waals surface area contributed by atoms with Gasteiger partial charge in [0.15, 0.2) is 5.78 Å². The van der Waals surface area contributed by atoms with Crippen LogP contribution < -0.4 is 0 Å². The second-order valence-corrected chi connectivity index (χ2v) is 8.17. The Kier molecular flexibility index (Phi) is 6.39. The largest absolute Gasteiger partial charge is 0.508 e. The Balaban J connectivity index is 2.01. The fourth-order valence-corrected chi connectivity index (χ4v) is 4.23. The summed E-state index contributed by atoms with van der Waals surface area (Å²) in [5, 5.41) is 61.8. The molecule has 0 radical (unpaired) electrons. The Hall–Kier alpha value is -4.79. The average Bonchev–Trinajstić information content (AvgIpc) is 2.79. The molecule has 4 rings (SSSR count). The minimum absolute atomic E-state index is 0.127. The normalized spacial score (nSPS) is 12.7. The Labute approximate surface area is 203 Å². The van der Waals surface area contributed by atoms with Gasteiger partial charge in [-0.25, -0.2) is 8.78 Å². The molecule has 36 heavy (non-hydrogen) atoms. The van der Waals surface area contributed by atoms with E-state index < -0.39 is 63.8 Å². The zero-order valence-corrected chi connectivity index (χ0v) is 18.4. The van der Waals surface area contributed by atoms with Gasteiger partial charge in [0.1, 0.15) is 46.1 Å². The van der Waals surface area contributed by atoms with Gasteiger partial charge in [0.2, 0.25) is 0 Å². The summed E-state index contributed by atoms with van der Waals surface area (Å²) in [5.41, 5.74) is -0.395. The highest BCUT2D eigenvalue weighted by Crippen LogP contribution is 2.47. The van der Waals surface area contributed by atoms with Crippen LogP contribution >= 0.6 is 0 Å². The molecule has 0 amide bonds. The molecule has 2 unspecified atom stereocenters. The minimum atomic E-state index is -1.51. The predicted molar refractivity (Wildman–Crippen MR) is 124 cm³/mol. The van der Waals surface area contributed by atoms with E-state index in [1.807, 2.05) is 0 Å². The number of aromatic hydroxyl groups is 6. The lowest BCUT2D eigenvalue weighted by Crippen LogP contribution is -2.23. The van der Waals surface area contributed by atoms with E-state index in [0.717, 1.165) is 48.5 Å². The zero-order chi connectivity index (χ0) is 26.1. The molecule has 0 aliphatic carbocycles. The molecular formula is C27H20F2O7. The number of rotatable bonds is 6. The van der Waals surface area contributed by atoms with E-state index in [9.17, 15) is 44.2 Å². The van der Waals surface area contributed by atoms with Crippen molar-refractivity contribution in [2.45, 2.75) is 11.8 Å². The molecule has 184 valence electrons. The molecule has 6 N–H and O–H groups in total. The van der Waals surface area contributed by atoms with Gasteiger partial charge in [0, 0.05) is 24.3 Å². The third-order valence-electron chi connectivity index (χ3n) is 5.80. The molecule has 2 atom stereocenters. The van der Waals surface area contributed by atoms with Gasteiger partial charge in [-0.2, -0.15) is 0 Å². The van der Waals surface area contributed by atoms with E-state index in [1.165, 1.54) is 24.3 Å². The molecule has 0 aromatic heterocycles. The predicted octanol–water partition coefficient (Wildman–Crippen LogP) is 4.73. The summed E-state index contributed by atoms with van der Waals surface area (Å²) in [4.78, 5) is 14.2. The van der Waals surface area contributed by atoms with E-state index in [4.69, 9.17) is 0 Å². The number of phenolic OH excluding ortho intramolecular Hbond substituents is 6. The first-order valence-corrected chi connectivity index (χ1v) is 10.6. The molecule has 0 aliphatic rings. The fraction of sp³-hybridized carbons (Fsp3) is 0.0741. The third kappa shape index (κ3) is 4.58. The molecule has 0 bridgehead atoms. The molecule has 0 saturated carbocycles. The number of hydrogen-bond acceptors (Lipinski definition) is 7. The van der Waals surface area contributed by atoms with E-state index >= 15 is 0 Å². The van der Waals surface area contributed by atoms with Crippen molar-refractivity contribution in [3.05, 3.63) is 107 Å². The second-order valence-electron chi connectivity index (χ2n) is 8.17. The summed E-state index contributed by atoms with van der Waals surface area (Å²) in [6, 6.07) is 12.9. The van der Waals surface area contributed by atoms with Crippen molar-refractivity contribution in [3.8, 4) is 34.5 Å². The highest BCUT2D eigenvalue weighted by molar-refractivity contribution is 5.99. The van der Waals surface area contributed by atoms with Gasteiger partial charge >= 0.3 is 0 Å². The average molecular weight is 494 g/mol. The van der Waals surface area contributed by atoms with Gasteiger partial charge in [-0.1, -0.05) is 24.3 Å². The quantitative estimate of drug-likeness (QED) is 0.228. The van der Waals surface area contributed by atoms with Crippen molar-refractivity contribution in [1.29, 1.82) is 0 Å². The van der Waals surface area contributed by atoms with Crippen LogP contribution in [0.3, 0.4) is 0 Å². The van der Waals surface area contributed by atoms with Gasteiger partial charge in [-0.05, 0) is 35.4 Å². The number of carbonyl (C=O) groups is 1. The lowest BCUT2D eigenvalue weighted by atomic mass is 9.76. The number of carbonyl (C=O) groups excluding carboxylic acids is 1. The van der Waals surface area contributed by atoms with Crippen molar-refractivity contribution in [2.75, 3.05) is 0 Å². The van der Waals surface area contributed by atoms with Gasteiger partial charge in [-0.3, -0.25) is 4.79 Å². The van der Waals surface area contributed by atoms with Crippen molar-refractivity contribution in [3.63, 3.8) is 0 Å². The number of ketones is 1. The van der Waals surface area contributed by atoms with Crippen LogP contribution in [0.25, 0.3) is 0 Å². The van der Waals surface area contributed by atoms with Gasteiger partial charge in [-0.15, -0.1) is 0 Å². The maximum Gasteiger partial charge on any atom is 0.157 e. The number of Topliss-reactive ketones (excluding diaryl/α,β-unsaturated/α-hetero) is 1. The Morgan fingerprint density at radius 3 is 1.08 bits per heavy atom. The second kappa shape index (κ2) is 9.46. The lowest BCUT2D eigenvalue weighted by Gasteiger charge is -2.26. The number of benzene rings is 4. The van der Waals surface area contributed by atoms with Crippen LogP contribution in [0.15, 0.2) is 72.8 Å². The molecule has 0 aliphatic heterocycles. The van der Waals surface area contributed by atoms with Gasteiger partial charge < -0.3 is 30.6 Å². The molecule has 0 fully saturated rings. The first-order chi connectivity index (χ1) is 17.1. The summed E-state index contributed by atoms with van der Waals surface area (Å²) in [5.74, 6) is -8.62. The van der Waals surface area contributed by atoms with Crippen LogP contribution in [0, 0.1) is 11.6 Å². The molecule has 4 aromatic rings. The van der Waals surface area contributed by atoms with Crippen LogP contribution in [0.2, 0.25) is 0 Å². The van der Waals surface area contributed by atoms with E-state index in [0.29, 0.717) is 0 Å². The molecule has 4 aromatic carbocycles. The van der Waals surface area contributed by atoms with E-state index in [1.54, 1.807) is 0 Å². The van der Waals surface area contributed by atoms with E-state index in [-0.39, 0.29) is 22.3 Å². The summed E-state index contributed by atoms with van der Waals surface area (Å²) in [6.07, 6.45) is 0. The molecule has 0 heterocycles. The number of phenols is 6. The first-order valence-electron chi connectivity index (χ1n) is 10.6. The minimum Gasteiger partial charge on any atom is -0.508 e. The van der Waals surface area contributed by atoms with Crippen LogP contribution in [-0.2, 0) is 4.79 Å². The van der Waals surface area contributed by atoms with Gasteiger partial charge in [0.25, 0.3) is 0 Å². The molecule has 9 heteroatoms. The molecule has 0 saturated heterocycles. The monoisotopic (exact) mass is 494 g/mol. The van der Waals surface area contributed by atoms with Gasteiger partial charge in [0.05, 0.1) is 23.0 Å². The standard InChI is InChI=1S/C27H20F2O7/c28-15-5-1-13(2-6-15)23(25-19(32)9-17(30)10-20(25)33)27(36)24(14-3-7-16(29)8-4-14)26-21(34)11-18(31)12-22(26)35/h1-12,23-24,30-35H. The lowest BCUT2D eigenvalue weighted by molar-refractivity contribution is -0.120. The SMILES string of the molecule is O=C(C(c1ccc(F)cc1)c1c(O)cc(O)cc1O)C(c1ccc(F)cc1)c1c(O)cc(O)cc1O. The van der Waals surface area contributed by atoms with Crippen molar-refractivity contribution >= 4 is 5.78 Å². The maximum absolute atomic E-state index is 14.2. The Morgan fingerprint density at radius 1 is 0.528 bits per heavy atom. The third-order valence-corrected chi connectivity index (χ3v) is 5.80. The van der Waals surface area contributed by atoms with Crippen molar-refractivity contribution < 1.29 is 44.2 Å². The zero-order valence-electron chi connectivity index (χ0n) is 18.4. The summed E-state index contributed by atoms with van der Waals surface area (Å²) < 4.78 is 27.4. The summed E-state index contributed by atoms with van der Waals surface area (Å²) in [6.45, 7) is 0. The highest BCUT2D eigenvalue weighted by atomic mass is 19.1. The maximum atomic E-state index is 14.2. The Bertz CT molecular complexity index is 1280. The highest BCUT2D eigenvalue weighted by Gasteiger charge is 2.38. The van der Waals surface area contributed by atoms with Crippen molar-refractivity contribution in [2.24, 2.45) is 0 Å². The Morgan fingerprint density at radius 2 is 0.806 bits per heavy atom. The number of hydrogen-bond donors (Lipinski definition) is 6. The van der Waals surface area contributed by atoms with Crippen LogP contribution in [-0.4, -0.2) is 36.4 Å². The summed E-state index contributed by atoms with van der Waals surface area (Å²) >= 11 is 0. The molecule has 0 spiro atoms. The number of halogens is 2. The topological polar surface area (TPSA) is 138 Å². The van der Waals surface area contributed by atoms with Crippen molar-refractivity contribution in [1.82, 2.24) is 0 Å². The fourth-order valence-electron chi connectivity index (χ4n) is 4.23. The first kappa shape index (κ1) is 24.3. The summed E-state index contributed by atoms with van der Waals surface area (Å²) in [7, 11) is 0. The molecular weight excluding hydrogens is 474 g/mol. The molecule has 7 nitrogen and oxygen atoms in total. The van der Waals surface area contributed by atoms with Crippen LogP contribution in [0.1, 0.15) is 34.1 Å².